The summed E-state index contributed by atoms with van der Waals surface area (Å²) in [6, 6.07) is 0. The first-order chi connectivity index (χ1) is 38.4. The van der Waals surface area contributed by atoms with Crippen LogP contribution in [0.3, 0.4) is 0 Å². The maximum absolute atomic E-state index is 11.0. The molecule has 0 aliphatic carbocycles. The van der Waals surface area contributed by atoms with E-state index in [1.54, 1.807) is 0 Å². The van der Waals surface area contributed by atoms with Gasteiger partial charge < -0.3 is 259 Å². The fourth-order valence-corrected chi connectivity index (χ4v) is 98.0. The topological polar surface area (TPSA) is 809 Å². The Kier molecular flexibility index (Phi) is 17.4. The Bertz CT molecular complexity index is 2240. The molecule has 84 heteroatoms. The van der Waals surface area contributed by atoms with Crippen molar-refractivity contribution < 1.29 is 259 Å². The van der Waals surface area contributed by atoms with Crippen LogP contribution in [-0.4, -0.2) is 337 Å². The van der Waals surface area contributed by atoms with Gasteiger partial charge in [-0.15, -0.1) is 0 Å². The third-order valence-corrected chi connectivity index (χ3v) is 87.8. The maximum Gasteiger partial charge on any atom is 0.662 e. The van der Waals surface area contributed by atoms with E-state index in [0.717, 1.165) is 35.5 Å². The van der Waals surface area contributed by atoms with Crippen molar-refractivity contribution in [1.82, 2.24) is 0 Å². The van der Waals surface area contributed by atoms with E-state index >= 15 is 0 Å². The van der Waals surface area contributed by atoms with E-state index in [-0.39, 0.29) is 0 Å². The van der Waals surface area contributed by atoms with Crippen molar-refractivity contribution in [3.63, 3.8) is 0 Å². The lowest BCUT2D eigenvalue weighted by atomic mass is 11.8. The normalized spacial score (nSPS) is 62.2. The summed E-state index contributed by atoms with van der Waals surface area (Å²) in [5.74, 6) is 0. The first kappa shape index (κ1) is 70.9. The monoisotopic (exact) mass is 1800 g/mol. The van der Waals surface area contributed by atoms with Gasteiger partial charge >= 0.3 is 215 Å². The molecule has 14 aliphatic rings. The molecule has 0 amide bonds. The first-order valence-corrected chi connectivity index (χ1v) is 64.3. The van der Waals surface area contributed by atoms with E-state index in [1.807, 2.05) is 0 Å². The van der Waals surface area contributed by atoms with Crippen molar-refractivity contribution in [1.29, 1.82) is 0 Å². The average molecular weight is 1800 g/mol. The van der Waals surface area contributed by atoms with E-state index in [0.29, 0.717) is 0 Å². The van der Waals surface area contributed by atoms with Crippen LogP contribution in [0.15, 0.2) is 0 Å². The highest BCUT2D eigenvalue weighted by Gasteiger charge is 2.91. The molecule has 22 bridgehead atoms. The standard InChI is InChI=1S/CH12O19Si8.CH4O.H9IO24Si10.H6O15Si6/c1-22(2)13-27(8)17-24(5)10-21-11-25(6,16-23(3,4)15-24)18-28(9,14-22)20-26(7,12-21)19-27;1-2;1-26-11-27(2)14-30(5)16-28(3,12-26)18-32(7)22-33(8)19-29(4,13-26)17-31(6,15-27)21-35(10,24-33)25-34(9,20-30)23-32;1-16-7-17(2)9-18(3,8-16)15-21(6)11-19(4,13-16)10-20(5,12-21)14-17/h2-9,21H,1H3;2H,1H3;2-10H;1-6H. The molecule has 0 aromatic heterocycles. The summed E-state index contributed by atoms with van der Waals surface area (Å²) in [5, 5.41) is 7.00. The minimum atomic E-state index is -5.91. The largest absolute Gasteiger partial charge is 0.662 e. The molecule has 59 nitrogen and oxygen atoms in total. The third-order valence-electron chi connectivity index (χ3n) is 9.10. The Morgan fingerprint density at radius 1 is 0.198 bits per heavy atom. The van der Waals surface area contributed by atoms with Gasteiger partial charge in [0.2, 0.25) is 0 Å². The second-order valence-electron chi connectivity index (χ2n) is 16.3. The molecule has 12 unspecified atom stereocenters. The Morgan fingerprint density at radius 3 is 0.500 bits per heavy atom. The van der Waals surface area contributed by atoms with Crippen molar-refractivity contribution >= 4 is 236 Å². The van der Waals surface area contributed by atoms with Gasteiger partial charge in [0.1, 0.15) is 0 Å². The predicted octanol–water partition coefficient (Wildman–Crippen LogP) is -23.5. The van der Waals surface area contributed by atoms with Gasteiger partial charge in [-0.2, -0.15) is 0 Å². The third kappa shape index (κ3) is 14.8. The van der Waals surface area contributed by atoms with Gasteiger partial charge in [0.05, 0.1) is 0 Å². The highest BCUT2D eigenvalue weighted by molar-refractivity contribution is 14.1. The molecule has 0 spiro atoms. The van der Waals surface area contributed by atoms with Crippen molar-refractivity contribution in [2.45, 2.75) is 6.55 Å². The number of fused-ring (bicyclic) bond motifs is 14. The minimum absolute atomic E-state index is 0.803. The SMILES string of the molecule is CO.C[Si]1(O)O[Si]2(O)O[Si]3(O)O[SiH]4O[Si](O)(O[Si](O)(O)O3)O[Si](O)(O1)O[Si](O)(O4)O2.O[Si]12O[Si]3(O)O[Si](O)(O1)O[Si]1(O)O[Si](O)(O[Si](O)(O1)O3)O2.O[Si]12O[Si]3(O)O[Si]4(O)O[Si](O)(O1)O[Si]1(O)O[Si](O)(O2)O[Si]2(O)O[Si](O)(O3)O[Si](O)(O4)O[Si](I)(O1)O2. The molecule has 14 fully saturated rings. The van der Waals surface area contributed by atoms with Crippen LogP contribution in [0, 0.1) is 0 Å². The van der Waals surface area contributed by atoms with Crippen molar-refractivity contribution in [3.8, 4) is 0 Å². The van der Waals surface area contributed by atoms with Gasteiger partial charge in [-0.3, -0.25) is 0 Å². The Labute approximate surface area is 506 Å². The van der Waals surface area contributed by atoms with Crippen LogP contribution in [0.25, 0.3) is 0 Å². The molecule has 14 saturated heterocycles. The highest BCUT2D eigenvalue weighted by Crippen LogP contribution is 2.48. The lowest BCUT2D eigenvalue weighted by Gasteiger charge is -2.53. The highest BCUT2D eigenvalue weighted by atomic mass is 127. The second-order valence-corrected chi connectivity index (χ2v) is 74.6. The number of hydrogen-bond donors (Lipinski definition) is 24. The van der Waals surface area contributed by atoms with E-state index in [9.17, 15) is 110 Å². The van der Waals surface area contributed by atoms with Crippen LogP contribution >= 0.6 is 21.8 Å². The molecular weight excluding hydrogens is 1770 g/mol. The zero-order chi connectivity index (χ0) is 63.8. The Balaban J connectivity index is 0.000000136. The van der Waals surface area contributed by atoms with Crippen LogP contribution in [0.4, 0.5) is 0 Å². The minimum Gasteiger partial charge on any atom is -0.400 e. The molecule has 86 heavy (non-hydrogen) atoms. The average Bonchev–Trinajstić information content (AvgIpc) is 0.783. The molecule has 14 heterocycles. The van der Waals surface area contributed by atoms with Gasteiger partial charge in [-0.25, -0.2) is 0 Å². The summed E-state index contributed by atoms with van der Waals surface area (Å²) in [5.41, 5.74) is 0. The second kappa shape index (κ2) is 21.1. The van der Waals surface area contributed by atoms with Gasteiger partial charge in [-0.1, -0.05) is 0 Å². The molecule has 24 N–H and O–H groups in total. The molecule has 14 aliphatic heterocycles. The molecule has 14 rings (SSSR count). The Hall–Kier alpha value is 3.58. The summed E-state index contributed by atoms with van der Waals surface area (Å²) < 4.78 is 168. The molecule has 496 valence electrons. The lowest BCUT2D eigenvalue weighted by molar-refractivity contribution is -0.143. The lowest BCUT2D eigenvalue weighted by Crippen LogP contribution is -2.89. The molecule has 0 radical (unpaired) electrons. The zero-order valence-corrected chi connectivity index (χ0v) is 65.8. The number of aliphatic hydroxyl groups excluding tert-OH is 1. The van der Waals surface area contributed by atoms with E-state index in [4.69, 9.17) is 104 Å². The fraction of sp³-hybridized carbons (Fsp3) is 1.00. The number of aliphatic hydroxyl groups is 1. The van der Waals surface area contributed by atoms with E-state index < -0.39 is 215 Å². The van der Waals surface area contributed by atoms with Crippen molar-refractivity contribution in [3.05, 3.63) is 0 Å². The Morgan fingerprint density at radius 2 is 0.326 bits per heavy atom. The van der Waals surface area contributed by atoms with Gasteiger partial charge in [0, 0.05) is 13.7 Å². The molecular formula is C2H31IO59Si24. The van der Waals surface area contributed by atoms with Crippen LogP contribution in [0.1, 0.15) is 0 Å². The molecule has 12 atom stereocenters. The summed E-state index contributed by atoms with van der Waals surface area (Å²) in [6.45, 7) is 0.803. The van der Waals surface area contributed by atoms with Crippen molar-refractivity contribution in [2.75, 3.05) is 7.11 Å². The quantitative estimate of drug-likeness (QED) is 0.0608. The van der Waals surface area contributed by atoms with Gasteiger partial charge in [0.15, 0.2) is 0 Å². The number of rotatable bonds is 0. The first-order valence-electron chi connectivity index (χ1n) is 20.7. The fourth-order valence-electron chi connectivity index (χ4n) is 7.16. The zero-order valence-electron chi connectivity index (χ0n) is 39.5. The summed E-state index contributed by atoms with van der Waals surface area (Å²) in [4.78, 5) is 240. The number of hydrogen-bond acceptors (Lipinski definition) is 59. The molecule has 0 aromatic carbocycles. The van der Waals surface area contributed by atoms with E-state index in [2.05, 4.69) is 45.3 Å². The summed E-state index contributed by atoms with van der Waals surface area (Å²) >= 11 is 1.12. The smallest absolute Gasteiger partial charge is 0.400 e. The number of halogens is 1. The maximum atomic E-state index is 11.0. The van der Waals surface area contributed by atoms with Crippen LogP contribution in [0.5, 0.6) is 0 Å². The predicted molar refractivity (Wildman–Crippen MR) is 257 cm³/mol. The molecule has 0 saturated carbocycles. The van der Waals surface area contributed by atoms with Crippen LogP contribution < -0.4 is 0 Å². The summed E-state index contributed by atoms with van der Waals surface area (Å²) in [6.07, 6.45) is -5.00. The van der Waals surface area contributed by atoms with Gasteiger partial charge in [0.25, 0.3) is 0 Å². The van der Waals surface area contributed by atoms with Crippen LogP contribution in [0.2, 0.25) is 6.55 Å². The van der Waals surface area contributed by atoms with E-state index in [1.165, 1.54) is 0 Å². The van der Waals surface area contributed by atoms with Crippen LogP contribution in [-0.2, 0) is 144 Å². The molecule has 0 aromatic rings. The van der Waals surface area contributed by atoms with Gasteiger partial charge in [-0.05, 0) is 21.8 Å². The summed E-state index contributed by atoms with van der Waals surface area (Å²) in [7, 11) is -123. The van der Waals surface area contributed by atoms with Crippen molar-refractivity contribution in [2.24, 2.45) is 0 Å².